The van der Waals surface area contributed by atoms with Gasteiger partial charge in [0, 0.05) is 0 Å². The summed E-state index contributed by atoms with van der Waals surface area (Å²) in [7, 11) is -3.76. The lowest BCUT2D eigenvalue weighted by molar-refractivity contribution is 0.0930. The fourth-order valence-electron chi connectivity index (χ4n) is 1.63. The number of hydrogen-bond donors (Lipinski definition) is 2. The molecular weight excluding hydrogens is 389 g/mol. The van der Waals surface area contributed by atoms with Crippen LogP contribution < -0.4 is 10.4 Å². The molecule has 0 aromatic carbocycles. The van der Waals surface area contributed by atoms with Crippen LogP contribution in [0.4, 0.5) is 0 Å². The lowest BCUT2D eigenvalue weighted by Crippen LogP contribution is -2.52. The standard InChI is InChI=1S/C12H18Cl3N2O5P/c1-4-21-23(19,22-5-2)17-11(12(13,14)15)16-10(18)9-6-7-20-8(9)3/h6-7,11H,4-5H2,1-3H3,(H,16,18)(H,17,19). The number of carbonyl (C=O) groups excluding carboxylic acids is 1. The highest BCUT2D eigenvalue weighted by molar-refractivity contribution is 7.51. The van der Waals surface area contributed by atoms with E-state index in [0.717, 1.165) is 0 Å². The number of alkyl halides is 3. The monoisotopic (exact) mass is 406 g/mol. The topological polar surface area (TPSA) is 89.8 Å². The Labute approximate surface area is 149 Å². The van der Waals surface area contributed by atoms with Crippen molar-refractivity contribution in [3.05, 3.63) is 23.7 Å². The summed E-state index contributed by atoms with van der Waals surface area (Å²) >= 11 is 17.5. The van der Waals surface area contributed by atoms with Crippen molar-refractivity contribution in [3.63, 3.8) is 0 Å². The number of amides is 1. The van der Waals surface area contributed by atoms with E-state index in [4.69, 9.17) is 48.3 Å². The summed E-state index contributed by atoms with van der Waals surface area (Å²) in [6, 6.07) is 1.46. The maximum Gasteiger partial charge on any atom is 0.407 e. The summed E-state index contributed by atoms with van der Waals surface area (Å²) in [5, 5.41) is 4.87. The molecule has 23 heavy (non-hydrogen) atoms. The molecule has 0 radical (unpaired) electrons. The van der Waals surface area contributed by atoms with Crippen molar-refractivity contribution in [2.45, 2.75) is 30.7 Å². The van der Waals surface area contributed by atoms with Crippen LogP contribution in [0.15, 0.2) is 16.7 Å². The summed E-state index contributed by atoms with van der Waals surface area (Å²) in [5.74, 6) is -0.178. The third-order valence-corrected chi connectivity index (χ3v) is 5.02. The summed E-state index contributed by atoms with van der Waals surface area (Å²) in [5.41, 5.74) is 0.258. The Balaban J connectivity index is 2.95. The van der Waals surface area contributed by atoms with Crippen molar-refractivity contribution in [1.29, 1.82) is 0 Å². The average Bonchev–Trinajstić information content (AvgIpc) is 2.83. The molecule has 1 rings (SSSR count). The Hall–Kier alpha value is -0.270. The molecule has 132 valence electrons. The number of nitrogens with one attached hydrogen (secondary N) is 2. The first-order valence-corrected chi connectivity index (χ1v) is 9.39. The fourth-order valence-corrected chi connectivity index (χ4v) is 3.66. The van der Waals surface area contributed by atoms with Crippen molar-refractivity contribution >= 4 is 48.5 Å². The molecule has 0 saturated carbocycles. The minimum absolute atomic E-state index is 0.103. The number of rotatable bonds is 8. The smallest absolute Gasteiger partial charge is 0.407 e. The second-order valence-electron chi connectivity index (χ2n) is 4.30. The quantitative estimate of drug-likeness (QED) is 0.387. The van der Waals surface area contributed by atoms with Crippen molar-refractivity contribution in [2.24, 2.45) is 0 Å². The zero-order chi connectivity index (χ0) is 17.7. The maximum atomic E-state index is 12.5. The van der Waals surface area contributed by atoms with E-state index >= 15 is 0 Å². The minimum atomic E-state index is -3.76. The van der Waals surface area contributed by atoms with E-state index in [9.17, 15) is 9.36 Å². The molecule has 1 heterocycles. The Morgan fingerprint density at radius 1 is 1.35 bits per heavy atom. The van der Waals surface area contributed by atoms with Crippen LogP contribution in [0.3, 0.4) is 0 Å². The Morgan fingerprint density at radius 2 is 1.91 bits per heavy atom. The first-order chi connectivity index (χ1) is 10.6. The van der Waals surface area contributed by atoms with Gasteiger partial charge in [0.2, 0.25) is 3.79 Å². The van der Waals surface area contributed by atoms with E-state index < -0.39 is 23.6 Å². The largest absolute Gasteiger partial charge is 0.469 e. The van der Waals surface area contributed by atoms with Crippen LogP contribution in [-0.2, 0) is 13.6 Å². The van der Waals surface area contributed by atoms with Gasteiger partial charge in [-0.25, -0.2) is 4.57 Å². The third kappa shape index (κ3) is 6.27. The molecule has 1 aromatic rings. The highest BCUT2D eigenvalue weighted by atomic mass is 35.6. The van der Waals surface area contributed by atoms with Gasteiger partial charge < -0.3 is 9.73 Å². The second-order valence-corrected chi connectivity index (χ2v) is 8.44. The van der Waals surface area contributed by atoms with E-state index in [2.05, 4.69) is 10.4 Å². The molecule has 2 N–H and O–H groups in total. The molecule has 11 heteroatoms. The fraction of sp³-hybridized carbons (Fsp3) is 0.583. The van der Waals surface area contributed by atoms with E-state index in [1.165, 1.54) is 12.3 Å². The van der Waals surface area contributed by atoms with Gasteiger partial charge >= 0.3 is 7.75 Å². The normalized spacial score (nSPS) is 13.8. The minimum Gasteiger partial charge on any atom is -0.469 e. The van der Waals surface area contributed by atoms with Crippen LogP contribution in [0.1, 0.15) is 30.0 Å². The Bertz CT molecular complexity index is 565. The van der Waals surface area contributed by atoms with Crippen LogP contribution in [0.25, 0.3) is 0 Å². The van der Waals surface area contributed by atoms with Crippen molar-refractivity contribution in [2.75, 3.05) is 13.2 Å². The Morgan fingerprint density at radius 3 is 2.30 bits per heavy atom. The molecule has 0 aliphatic heterocycles. The molecule has 0 bridgehead atoms. The summed E-state index contributed by atoms with van der Waals surface area (Å²) in [4.78, 5) is 12.2. The number of furan rings is 1. The summed E-state index contributed by atoms with van der Waals surface area (Å²) in [6.45, 7) is 5.07. The first kappa shape index (κ1) is 20.8. The van der Waals surface area contributed by atoms with Crippen molar-refractivity contribution in [3.8, 4) is 0 Å². The van der Waals surface area contributed by atoms with Crippen LogP contribution in [0.2, 0.25) is 0 Å². The number of carbonyl (C=O) groups is 1. The Kier molecular flexibility index (Phi) is 7.87. The van der Waals surface area contributed by atoms with Gasteiger partial charge in [0.25, 0.3) is 5.91 Å². The second kappa shape index (κ2) is 8.72. The van der Waals surface area contributed by atoms with Gasteiger partial charge in [0.05, 0.1) is 25.0 Å². The molecule has 1 unspecified atom stereocenters. The maximum absolute atomic E-state index is 12.5. The number of aryl methyl sites for hydroxylation is 1. The van der Waals surface area contributed by atoms with E-state index in [0.29, 0.717) is 5.76 Å². The van der Waals surface area contributed by atoms with E-state index in [-0.39, 0.29) is 18.8 Å². The van der Waals surface area contributed by atoms with Gasteiger partial charge in [-0.3, -0.25) is 13.8 Å². The van der Waals surface area contributed by atoms with Crippen molar-refractivity contribution < 1.29 is 22.8 Å². The first-order valence-electron chi connectivity index (χ1n) is 6.71. The van der Waals surface area contributed by atoms with Crippen LogP contribution in [0.5, 0.6) is 0 Å². The van der Waals surface area contributed by atoms with Gasteiger partial charge in [0.15, 0.2) is 0 Å². The molecule has 0 saturated heterocycles. The predicted octanol–water partition coefficient (Wildman–Crippen LogP) is 3.78. The summed E-state index contributed by atoms with van der Waals surface area (Å²) in [6.07, 6.45) is 0.0334. The van der Waals surface area contributed by atoms with Gasteiger partial charge in [-0.2, -0.15) is 5.09 Å². The highest BCUT2D eigenvalue weighted by Crippen LogP contribution is 2.46. The van der Waals surface area contributed by atoms with E-state index in [1.54, 1.807) is 20.8 Å². The van der Waals surface area contributed by atoms with Crippen LogP contribution in [0, 0.1) is 6.92 Å². The van der Waals surface area contributed by atoms with Crippen LogP contribution in [-0.4, -0.2) is 29.1 Å². The van der Waals surface area contributed by atoms with Gasteiger partial charge in [0.1, 0.15) is 11.9 Å². The number of hydrogen-bond acceptors (Lipinski definition) is 5. The van der Waals surface area contributed by atoms with Crippen LogP contribution >= 0.6 is 42.5 Å². The molecular formula is C12H18Cl3N2O5P. The van der Waals surface area contributed by atoms with E-state index in [1.807, 2.05) is 0 Å². The molecule has 0 fully saturated rings. The van der Waals surface area contributed by atoms with Gasteiger partial charge in [-0.15, -0.1) is 0 Å². The molecule has 0 spiro atoms. The molecule has 1 atom stereocenters. The molecule has 0 aliphatic carbocycles. The number of halogens is 3. The predicted molar refractivity (Wildman–Crippen MR) is 89.0 cm³/mol. The zero-order valence-electron chi connectivity index (χ0n) is 12.8. The molecule has 7 nitrogen and oxygen atoms in total. The van der Waals surface area contributed by atoms with Crippen molar-refractivity contribution in [1.82, 2.24) is 10.4 Å². The summed E-state index contributed by atoms with van der Waals surface area (Å²) < 4.78 is 25.7. The lowest BCUT2D eigenvalue weighted by Gasteiger charge is -2.29. The third-order valence-electron chi connectivity index (χ3n) is 2.59. The average molecular weight is 408 g/mol. The van der Waals surface area contributed by atoms with Gasteiger partial charge in [-0.05, 0) is 26.8 Å². The molecule has 1 amide bonds. The zero-order valence-corrected chi connectivity index (χ0v) is 15.9. The lowest BCUT2D eigenvalue weighted by atomic mass is 10.2. The highest BCUT2D eigenvalue weighted by Gasteiger charge is 2.40. The molecule has 0 aliphatic rings. The SMILES string of the molecule is CCOP(=O)(NC(NC(=O)c1ccoc1C)C(Cl)(Cl)Cl)OCC. The molecule has 1 aromatic heterocycles. The van der Waals surface area contributed by atoms with Gasteiger partial charge in [-0.1, -0.05) is 34.8 Å².